The Morgan fingerprint density at radius 3 is 2.91 bits per heavy atom. The number of ether oxygens (including phenoxy) is 3. The van der Waals surface area contributed by atoms with E-state index in [1.807, 2.05) is 42.6 Å². The lowest BCUT2D eigenvalue weighted by atomic mass is 10.2. The summed E-state index contributed by atoms with van der Waals surface area (Å²) >= 11 is 0. The molecule has 1 aliphatic rings. The van der Waals surface area contributed by atoms with Crippen LogP contribution in [-0.4, -0.2) is 92.8 Å². The maximum atomic E-state index is 5.94. The van der Waals surface area contributed by atoms with E-state index in [-0.39, 0.29) is 0 Å². The molecule has 9 nitrogen and oxygen atoms in total. The second-order valence-electron chi connectivity index (χ2n) is 7.98. The molecule has 0 aliphatic carbocycles. The Hall–Kier alpha value is -3.01. The molecule has 3 heterocycles. The Morgan fingerprint density at radius 1 is 1.21 bits per heavy atom. The Bertz CT molecular complexity index is 1050. The number of likely N-dealkylation sites (N-methyl/N-ethyl adjacent to an activating group) is 1. The summed E-state index contributed by atoms with van der Waals surface area (Å²) in [6.07, 6.45) is 3.85. The number of aromatic nitrogens is 3. The van der Waals surface area contributed by atoms with Crippen LogP contribution in [0.15, 0.2) is 41.5 Å². The van der Waals surface area contributed by atoms with Crippen molar-refractivity contribution in [2.75, 3.05) is 71.7 Å². The minimum absolute atomic E-state index is 0.377. The molecule has 33 heavy (non-hydrogen) atoms. The smallest absolute Gasteiger partial charge is 0.318 e. The lowest BCUT2D eigenvalue weighted by Gasteiger charge is -2.26. The van der Waals surface area contributed by atoms with Crippen LogP contribution in [0.2, 0.25) is 0 Å². The number of para-hydroxylation sites is 1. The van der Waals surface area contributed by atoms with E-state index in [9.17, 15) is 0 Å². The number of aromatic amines is 1. The van der Waals surface area contributed by atoms with Crippen LogP contribution in [0.4, 0.5) is 5.82 Å². The maximum Gasteiger partial charge on any atom is 0.318 e. The van der Waals surface area contributed by atoms with Gasteiger partial charge in [0.25, 0.3) is 0 Å². The number of hydrogen-bond donors (Lipinski definition) is 1. The van der Waals surface area contributed by atoms with Crippen molar-refractivity contribution in [3.05, 3.63) is 47.8 Å². The molecule has 0 radical (unpaired) electrons. The number of morpholine rings is 1. The Balaban J connectivity index is 1.44. The zero-order chi connectivity index (χ0) is 22.9. The summed E-state index contributed by atoms with van der Waals surface area (Å²) in [7, 11) is 3.68. The molecule has 1 saturated heterocycles. The first-order valence-corrected chi connectivity index (χ1v) is 11.3. The fraction of sp³-hybridized carbons (Fsp3) is 0.458. The van der Waals surface area contributed by atoms with Crippen LogP contribution in [0.25, 0.3) is 10.9 Å². The van der Waals surface area contributed by atoms with Crippen LogP contribution in [-0.2, 0) is 16.0 Å². The van der Waals surface area contributed by atoms with Gasteiger partial charge in [0.2, 0.25) is 0 Å². The zero-order valence-corrected chi connectivity index (χ0v) is 19.4. The van der Waals surface area contributed by atoms with E-state index in [2.05, 4.69) is 37.0 Å². The largest absolute Gasteiger partial charge is 0.462 e. The van der Waals surface area contributed by atoms with Crippen LogP contribution >= 0.6 is 0 Å². The second kappa shape index (κ2) is 11.7. The van der Waals surface area contributed by atoms with Gasteiger partial charge in [0.05, 0.1) is 32.1 Å². The number of anilines is 1. The van der Waals surface area contributed by atoms with E-state index in [0.29, 0.717) is 25.8 Å². The van der Waals surface area contributed by atoms with Crippen molar-refractivity contribution in [3.8, 4) is 6.01 Å². The van der Waals surface area contributed by atoms with E-state index in [1.54, 1.807) is 7.11 Å². The molecule has 4 rings (SSSR count). The molecule has 2 aromatic heterocycles. The molecule has 0 bridgehead atoms. The molecule has 1 fully saturated rings. The highest BCUT2D eigenvalue weighted by Crippen LogP contribution is 2.18. The van der Waals surface area contributed by atoms with Crippen molar-refractivity contribution in [3.63, 3.8) is 0 Å². The first-order chi connectivity index (χ1) is 16.2. The first-order valence-electron chi connectivity index (χ1n) is 11.3. The summed E-state index contributed by atoms with van der Waals surface area (Å²) in [6, 6.07) is 10.5. The molecule has 0 unspecified atom stereocenters. The predicted octanol–water partition coefficient (Wildman–Crippen LogP) is 2.37. The number of fused-ring (bicyclic) bond motifs is 1. The van der Waals surface area contributed by atoms with E-state index in [4.69, 9.17) is 14.2 Å². The van der Waals surface area contributed by atoms with Gasteiger partial charge in [0, 0.05) is 75.3 Å². The summed E-state index contributed by atoms with van der Waals surface area (Å²) in [5.74, 6) is 0.792. The molecule has 1 aromatic carbocycles. The molecule has 0 spiro atoms. The summed E-state index contributed by atoms with van der Waals surface area (Å²) in [4.78, 5) is 21.5. The third-order valence-electron chi connectivity index (χ3n) is 5.61. The van der Waals surface area contributed by atoms with Gasteiger partial charge < -0.3 is 24.1 Å². The third-order valence-corrected chi connectivity index (χ3v) is 5.61. The number of H-pyrrole nitrogens is 1. The monoisotopic (exact) mass is 452 g/mol. The van der Waals surface area contributed by atoms with Crippen molar-refractivity contribution in [1.82, 2.24) is 19.9 Å². The number of benzene rings is 1. The average Bonchev–Trinajstić information content (AvgIpc) is 3.26. The van der Waals surface area contributed by atoms with Gasteiger partial charge in [0.15, 0.2) is 0 Å². The SMILES string of the molecule is COCCN(C)c1cc(CN=Cc2c[nH]c3ccccc23)nc(OCCN2CCOCC2)n1. The highest BCUT2D eigenvalue weighted by Gasteiger charge is 2.12. The molecule has 0 saturated carbocycles. The minimum atomic E-state index is 0.377. The second-order valence-corrected chi connectivity index (χ2v) is 7.98. The molecule has 1 N–H and O–H groups in total. The summed E-state index contributed by atoms with van der Waals surface area (Å²) in [6.45, 7) is 6.53. The summed E-state index contributed by atoms with van der Waals surface area (Å²) in [5, 5.41) is 1.15. The van der Waals surface area contributed by atoms with Crippen LogP contribution in [0.1, 0.15) is 11.3 Å². The Kier molecular flexibility index (Phi) is 8.24. The van der Waals surface area contributed by atoms with E-state index >= 15 is 0 Å². The standard InChI is InChI=1S/C24H32N6O3/c1-29(7-11-31-2)23-15-20(18-25-16-19-17-26-22-6-4-3-5-21(19)22)27-24(28-23)33-14-10-30-8-12-32-13-9-30/h3-6,15-17,26H,7-14,18H2,1-2H3. The van der Waals surface area contributed by atoms with Crippen molar-refractivity contribution in [2.45, 2.75) is 6.54 Å². The quantitative estimate of drug-likeness (QED) is 0.447. The molecule has 0 amide bonds. The topological polar surface area (TPSA) is 88.1 Å². The van der Waals surface area contributed by atoms with Gasteiger partial charge in [0.1, 0.15) is 12.4 Å². The predicted molar refractivity (Wildman–Crippen MR) is 130 cm³/mol. The van der Waals surface area contributed by atoms with Gasteiger partial charge >= 0.3 is 6.01 Å². The molecule has 0 atom stereocenters. The lowest BCUT2D eigenvalue weighted by molar-refractivity contribution is 0.0317. The van der Waals surface area contributed by atoms with Crippen LogP contribution in [0, 0.1) is 0 Å². The molecular formula is C24H32N6O3. The van der Waals surface area contributed by atoms with Crippen molar-refractivity contribution < 1.29 is 14.2 Å². The third kappa shape index (κ3) is 6.50. The van der Waals surface area contributed by atoms with Crippen molar-refractivity contribution in [1.29, 1.82) is 0 Å². The van der Waals surface area contributed by atoms with Crippen LogP contribution < -0.4 is 9.64 Å². The number of aliphatic imine (C=N–C) groups is 1. The maximum absolute atomic E-state index is 5.94. The number of hydrogen-bond acceptors (Lipinski definition) is 8. The van der Waals surface area contributed by atoms with E-state index in [1.165, 1.54) is 0 Å². The van der Waals surface area contributed by atoms with E-state index in [0.717, 1.165) is 67.4 Å². The molecular weight excluding hydrogens is 420 g/mol. The highest BCUT2D eigenvalue weighted by atomic mass is 16.5. The highest BCUT2D eigenvalue weighted by molar-refractivity contribution is 5.98. The first kappa shape index (κ1) is 23.2. The summed E-state index contributed by atoms with van der Waals surface area (Å²) < 4.78 is 16.5. The van der Waals surface area contributed by atoms with Gasteiger partial charge in [-0.3, -0.25) is 9.89 Å². The van der Waals surface area contributed by atoms with Crippen LogP contribution in [0.3, 0.4) is 0 Å². The zero-order valence-electron chi connectivity index (χ0n) is 19.4. The molecule has 1 aliphatic heterocycles. The Labute approximate surface area is 194 Å². The average molecular weight is 453 g/mol. The van der Waals surface area contributed by atoms with Crippen molar-refractivity contribution >= 4 is 22.9 Å². The fourth-order valence-corrected chi connectivity index (χ4v) is 3.67. The van der Waals surface area contributed by atoms with Gasteiger partial charge in [-0.25, -0.2) is 0 Å². The number of nitrogens with one attached hydrogen (secondary N) is 1. The lowest BCUT2D eigenvalue weighted by Crippen LogP contribution is -2.38. The number of methoxy groups -OCH3 is 1. The van der Waals surface area contributed by atoms with Gasteiger partial charge in [-0.05, 0) is 6.07 Å². The molecule has 3 aromatic rings. The number of rotatable bonds is 11. The van der Waals surface area contributed by atoms with Gasteiger partial charge in [-0.15, -0.1) is 0 Å². The number of nitrogens with zero attached hydrogens (tertiary/aromatic N) is 5. The Morgan fingerprint density at radius 2 is 2.06 bits per heavy atom. The normalized spacial score (nSPS) is 14.8. The van der Waals surface area contributed by atoms with Crippen LogP contribution in [0.5, 0.6) is 6.01 Å². The molecule has 9 heteroatoms. The van der Waals surface area contributed by atoms with Crippen molar-refractivity contribution in [2.24, 2.45) is 4.99 Å². The molecule has 176 valence electrons. The minimum Gasteiger partial charge on any atom is -0.462 e. The van der Waals surface area contributed by atoms with Gasteiger partial charge in [-0.2, -0.15) is 9.97 Å². The summed E-state index contributed by atoms with van der Waals surface area (Å²) in [5.41, 5.74) is 2.96. The fourth-order valence-electron chi connectivity index (χ4n) is 3.67. The van der Waals surface area contributed by atoms with Gasteiger partial charge in [-0.1, -0.05) is 18.2 Å². The van der Waals surface area contributed by atoms with E-state index < -0.39 is 0 Å².